The Kier molecular flexibility index (Phi) is 6.73. The lowest BCUT2D eigenvalue weighted by molar-refractivity contribution is -0.125. The summed E-state index contributed by atoms with van der Waals surface area (Å²) in [4.78, 5) is 39.5. The molecule has 156 valence electrons. The lowest BCUT2D eigenvalue weighted by Crippen LogP contribution is -2.51. The van der Waals surface area contributed by atoms with Crippen LogP contribution in [0.3, 0.4) is 0 Å². The Morgan fingerprint density at radius 3 is 2.50 bits per heavy atom. The predicted molar refractivity (Wildman–Crippen MR) is 112 cm³/mol. The summed E-state index contributed by atoms with van der Waals surface area (Å²) in [6.45, 7) is 1.43. The van der Waals surface area contributed by atoms with Gasteiger partial charge < -0.3 is 10.2 Å². The molecule has 5 atom stereocenters. The molecular formula is C19H30N4O3S2. The van der Waals surface area contributed by atoms with Crippen LogP contribution in [0.4, 0.5) is 4.79 Å². The van der Waals surface area contributed by atoms with E-state index in [1.54, 1.807) is 28.4 Å². The Hall–Kier alpha value is -0.930. The van der Waals surface area contributed by atoms with E-state index in [-0.39, 0.29) is 34.5 Å². The maximum Gasteiger partial charge on any atom is 0.324 e. The number of rotatable bonds is 3. The van der Waals surface area contributed by atoms with Crippen molar-refractivity contribution >= 4 is 41.4 Å². The molecule has 4 aliphatic rings. The minimum atomic E-state index is -0.351. The van der Waals surface area contributed by atoms with Crippen LogP contribution in [0.5, 0.6) is 0 Å². The molecule has 0 aromatic carbocycles. The van der Waals surface area contributed by atoms with E-state index in [0.29, 0.717) is 30.8 Å². The number of carbonyl (C=O) groups is 3. The van der Waals surface area contributed by atoms with Crippen LogP contribution in [0.2, 0.25) is 0 Å². The first-order chi connectivity index (χ1) is 13.6. The normalized spacial score (nSPS) is 35.3. The summed E-state index contributed by atoms with van der Waals surface area (Å²) in [7, 11) is 0. The Balaban J connectivity index is 1.28. The quantitative estimate of drug-likeness (QED) is 0.638. The van der Waals surface area contributed by atoms with Crippen LogP contribution >= 0.6 is 23.5 Å². The first kappa shape index (κ1) is 20.3. The molecule has 0 bridgehead atoms. The van der Waals surface area contributed by atoms with Gasteiger partial charge in [0.05, 0.1) is 11.3 Å². The number of urea groups is 1. The van der Waals surface area contributed by atoms with Crippen LogP contribution in [0.1, 0.15) is 51.4 Å². The number of carbonyl (C=O) groups excluding carboxylic acids is 3. The third-order valence-corrected chi connectivity index (χ3v) is 9.02. The van der Waals surface area contributed by atoms with E-state index in [4.69, 9.17) is 0 Å². The molecule has 9 heteroatoms. The van der Waals surface area contributed by atoms with Gasteiger partial charge >= 0.3 is 6.03 Å². The second kappa shape index (κ2) is 9.26. The Morgan fingerprint density at radius 2 is 1.71 bits per heavy atom. The summed E-state index contributed by atoms with van der Waals surface area (Å²) in [5, 5.41) is 9.15. The number of hydrogen-bond acceptors (Lipinski definition) is 6. The van der Waals surface area contributed by atoms with E-state index in [0.717, 1.165) is 31.4 Å². The SMILES string of the molecule is O=C(NC1SCCC1C(=O)NC(=O)N1CCCCC1)C1NC2CCCCC2S1. The van der Waals surface area contributed by atoms with Crippen LogP contribution in [-0.2, 0) is 9.59 Å². The molecule has 5 unspecified atom stereocenters. The molecule has 1 saturated carbocycles. The molecule has 4 fully saturated rings. The van der Waals surface area contributed by atoms with Crippen LogP contribution < -0.4 is 16.0 Å². The molecule has 0 aromatic rings. The zero-order chi connectivity index (χ0) is 19.5. The fraction of sp³-hybridized carbons (Fsp3) is 0.842. The first-order valence-corrected chi connectivity index (χ1v) is 12.5. The van der Waals surface area contributed by atoms with Gasteiger partial charge in [0.15, 0.2) is 0 Å². The van der Waals surface area contributed by atoms with Crippen molar-refractivity contribution in [2.75, 3.05) is 18.8 Å². The molecule has 3 N–H and O–H groups in total. The average Bonchev–Trinajstić information content (AvgIpc) is 3.35. The smallest absolute Gasteiger partial charge is 0.324 e. The van der Waals surface area contributed by atoms with Gasteiger partial charge in [-0.05, 0) is 44.3 Å². The maximum absolute atomic E-state index is 12.8. The van der Waals surface area contributed by atoms with Crippen LogP contribution in [-0.4, -0.2) is 63.6 Å². The van der Waals surface area contributed by atoms with E-state index in [2.05, 4.69) is 16.0 Å². The number of fused-ring (bicyclic) bond motifs is 1. The molecule has 28 heavy (non-hydrogen) atoms. The van der Waals surface area contributed by atoms with Gasteiger partial charge in [-0.1, -0.05) is 12.8 Å². The van der Waals surface area contributed by atoms with E-state index < -0.39 is 0 Å². The lowest BCUT2D eigenvalue weighted by Gasteiger charge is -2.27. The number of nitrogens with zero attached hydrogens (tertiary/aromatic N) is 1. The number of likely N-dealkylation sites (tertiary alicyclic amines) is 1. The molecule has 3 heterocycles. The average molecular weight is 427 g/mol. The summed E-state index contributed by atoms with van der Waals surface area (Å²) in [6.07, 6.45) is 8.61. The highest BCUT2D eigenvalue weighted by Gasteiger charge is 2.42. The lowest BCUT2D eigenvalue weighted by atomic mass is 9.95. The minimum Gasteiger partial charge on any atom is -0.341 e. The largest absolute Gasteiger partial charge is 0.341 e. The number of amides is 4. The summed E-state index contributed by atoms with van der Waals surface area (Å²) in [5.41, 5.74) is 0. The zero-order valence-electron chi connectivity index (χ0n) is 16.2. The van der Waals surface area contributed by atoms with Gasteiger partial charge in [-0.3, -0.25) is 20.2 Å². The van der Waals surface area contributed by atoms with Crippen molar-refractivity contribution in [3.8, 4) is 0 Å². The van der Waals surface area contributed by atoms with Crippen molar-refractivity contribution in [2.24, 2.45) is 5.92 Å². The van der Waals surface area contributed by atoms with E-state index in [1.165, 1.54) is 19.3 Å². The predicted octanol–water partition coefficient (Wildman–Crippen LogP) is 1.88. The fourth-order valence-corrected chi connectivity index (χ4v) is 7.42. The molecule has 3 aliphatic heterocycles. The van der Waals surface area contributed by atoms with Gasteiger partial charge in [-0.2, -0.15) is 0 Å². The van der Waals surface area contributed by atoms with Gasteiger partial charge in [0.1, 0.15) is 5.37 Å². The Bertz CT molecular complexity index is 600. The topological polar surface area (TPSA) is 90.5 Å². The molecule has 7 nitrogen and oxygen atoms in total. The Morgan fingerprint density at radius 1 is 0.929 bits per heavy atom. The van der Waals surface area contributed by atoms with Crippen LogP contribution in [0, 0.1) is 5.92 Å². The summed E-state index contributed by atoms with van der Waals surface area (Å²) in [5.74, 6) is 0.180. The summed E-state index contributed by atoms with van der Waals surface area (Å²) in [6, 6.07) is 0.149. The highest BCUT2D eigenvalue weighted by atomic mass is 32.2. The van der Waals surface area contributed by atoms with Crippen LogP contribution in [0.15, 0.2) is 0 Å². The third kappa shape index (κ3) is 4.62. The number of piperidine rings is 1. The van der Waals surface area contributed by atoms with E-state index in [9.17, 15) is 14.4 Å². The van der Waals surface area contributed by atoms with Crippen molar-refractivity contribution in [1.29, 1.82) is 0 Å². The second-order valence-electron chi connectivity index (χ2n) is 8.15. The number of thioether (sulfide) groups is 2. The zero-order valence-corrected chi connectivity index (χ0v) is 17.8. The third-order valence-electron chi connectivity index (χ3n) is 6.20. The summed E-state index contributed by atoms with van der Waals surface area (Å²) >= 11 is 3.33. The van der Waals surface area contributed by atoms with Crippen LogP contribution in [0.25, 0.3) is 0 Å². The van der Waals surface area contributed by atoms with Gasteiger partial charge in [-0.25, -0.2) is 4.79 Å². The van der Waals surface area contributed by atoms with Crippen molar-refractivity contribution in [2.45, 2.75) is 73.4 Å². The summed E-state index contributed by atoms with van der Waals surface area (Å²) < 4.78 is 0. The van der Waals surface area contributed by atoms with Gasteiger partial charge in [0.25, 0.3) is 0 Å². The van der Waals surface area contributed by atoms with E-state index in [1.807, 2.05) is 0 Å². The molecule has 4 rings (SSSR count). The minimum absolute atomic E-state index is 0.0287. The number of imide groups is 1. The number of hydrogen-bond donors (Lipinski definition) is 3. The standard InChI is InChI=1S/C19H30N4O3S2/c24-15(22-19(26)23-9-4-1-5-10-23)12-8-11-27-17(12)21-16(25)18-20-13-6-2-3-7-14(13)28-18/h12-14,17-18,20H,1-11H2,(H,21,25)(H,22,24,26). The first-order valence-electron chi connectivity index (χ1n) is 10.5. The molecule has 3 saturated heterocycles. The van der Waals surface area contributed by atoms with Gasteiger partial charge in [0, 0.05) is 24.4 Å². The van der Waals surface area contributed by atoms with Gasteiger partial charge in [0.2, 0.25) is 11.8 Å². The van der Waals surface area contributed by atoms with Gasteiger partial charge in [-0.15, -0.1) is 23.5 Å². The second-order valence-corrected chi connectivity index (χ2v) is 10.7. The Labute approximate surface area is 174 Å². The van der Waals surface area contributed by atoms with Crippen molar-refractivity contribution in [3.63, 3.8) is 0 Å². The molecule has 1 aliphatic carbocycles. The van der Waals surface area contributed by atoms with Crippen molar-refractivity contribution in [3.05, 3.63) is 0 Å². The highest BCUT2D eigenvalue weighted by molar-refractivity contribution is 8.01. The van der Waals surface area contributed by atoms with E-state index >= 15 is 0 Å². The molecule has 0 aromatic heterocycles. The molecule has 4 amide bonds. The van der Waals surface area contributed by atoms with Crippen molar-refractivity contribution in [1.82, 2.24) is 20.9 Å². The molecule has 0 spiro atoms. The molecular weight excluding hydrogens is 396 g/mol. The monoisotopic (exact) mass is 426 g/mol. The number of nitrogens with one attached hydrogen (secondary N) is 3. The fourth-order valence-electron chi connectivity index (χ4n) is 4.59. The maximum atomic E-state index is 12.8. The van der Waals surface area contributed by atoms with Crippen molar-refractivity contribution < 1.29 is 14.4 Å². The highest BCUT2D eigenvalue weighted by Crippen LogP contribution is 2.37. The molecule has 0 radical (unpaired) electrons.